The van der Waals surface area contributed by atoms with Crippen molar-refractivity contribution in [2.45, 2.75) is 0 Å². The first-order valence-electron chi connectivity index (χ1n) is 23.6. The van der Waals surface area contributed by atoms with Crippen LogP contribution in [0.3, 0.4) is 0 Å². The van der Waals surface area contributed by atoms with Crippen LogP contribution in [0, 0.1) is 71.6 Å². The molecule has 2 aromatic heterocycles. The molecule has 0 N–H and O–H groups in total. The summed E-state index contributed by atoms with van der Waals surface area (Å²) in [7, 11) is 0. The van der Waals surface area contributed by atoms with Crippen LogP contribution in [0.4, 0.5) is 22.7 Å². The third-order valence-corrected chi connectivity index (χ3v) is 13.2. The summed E-state index contributed by atoms with van der Waals surface area (Å²) in [6, 6.07) is 63.3. The summed E-state index contributed by atoms with van der Waals surface area (Å²) in [5, 5.41) is 42.5. The Labute approximate surface area is 441 Å². The lowest BCUT2D eigenvalue weighted by atomic mass is 9.90. The second kappa shape index (κ2) is 19.7. The lowest BCUT2D eigenvalue weighted by Crippen LogP contribution is -2.04. The van der Waals surface area contributed by atoms with E-state index in [0.717, 1.165) is 21.9 Å². The molecule has 0 bridgehead atoms. The number of aromatic nitrogens is 4. The van der Waals surface area contributed by atoms with Crippen LogP contribution in [0.25, 0.3) is 126 Å². The maximum Gasteiger partial charge on any atom is 0.196 e. The average Bonchev–Trinajstić information content (AvgIpc) is 3.99. The fraction of sp³-hybridized carbons (Fsp3) is 0. The minimum Gasteiger partial charge on any atom is -0.308 e. The van der Waals surface area contributed by atoms with Gasteiger partial charge in [0.25, 0.3) is 0 Å². The third-order valence-electron chi connectivity index (χ3n) is 13.2. The van der Waals surface area contributed by atoms with Crippen molar-refractivity contribution in [1.82, 2.24) is 19.5 Å². The molecule has 0 atom stereocenters. The Morgan fingerprint density at radius 3 is 1.36 bits per heavy atom. The Bertz CT molecular complexity index is 4320. The quantitative estimate of drug-likeness (QED) is 0.137. The summed E-state index contributed by atoms with van der Waals surface area (Å²) in [5.41, 5.74) is 10.7. The van der Waals surface area contributed by atoms with Gasteiger partial charge in [-0.25, -0.2) is 34.3 Å². The molecule has 2 heterocycles. The molecule has 11 aromatic rings. The van der Waals surface area contributed by atoms with Crippen LogP contribution in [-0.4, -0.2) is 19.5 Å². The first-order valence-corrected chi connectivity index (χ1v) is 23.6. The second-order valence-corrected chi connectivity index (χ2v) is 17.7. The molecule has 0 aliphatic carbocycles. The highest BCUT2D eigenvalue weighted by atomic mass is 15.0. The van der Waals surface area contributed by atoms with E-state index < -0.39 is 0 Å². The minimum absolute atomic E-state index is 0.217. The molecular formula is C65H30N12. The third kappa shape index (κ3) is 8.63. The summed E-state index contributed by atoms with van der Waals surface area (Å²) >= 11 is 0. The Morgan fingerprint density at radius 2 is 0.857 bits per heavy atom. The van der Waals surface area contributed by atoms with E-state index in [1.807, 2.05) is 109 Å². The van der Waals surface area contributed by atoms with E-state index in [1.165, 1.54) is 12.1 Å². The Kier molecular flexibility index (Phi) is 12.1. The van der Waals surface area contributed by atoms with Crippen molar-refractivity contribution < 1.29 is 0 Å². The fourth-order valence-corrected chi connectivity index (χ4v) is 9.66. The largest absolute Gasteiger partial charge is 0.308 e. The number of nitriles is 4. The molecule has 0 spiro atoms. The normalized spacial score (nSPS) is 10.5. The van der Waals surface area contributed by atoms with Crippen LogP contribution in [0.2, 0.25) is 0 Å². The summed E-state index contributed by atoms with van der Waals surface area (Å²) < 4.78 is 2.07. The standard InChI is InChI=1S/C65H30N12/c1-70-50-18-20-53(49(29-50)38-69)44-16-21-60-57(30-44)58-31-45(54-19-15-39(35-66)26-59(54)73-4)17-22-61(58)77(60)62-55(46-24-40(36-67)23-41(25-46)37-68)32-48(33-56(62)47-27-51(71-2)34-52(28-47)72-3)65-75-63(42-11-7-5-8-12-42)74-64(76-65)43-13-9-6-10-14-43/h5-34H. The lowest BCUT2D eigenvalue weighted by Gasteiger charge is -2.22. The topological polar surface area (TPSA) is 156 Å². The Morgan fingerprint density at radius 1 is 0.351 bits per heavy atom. The van der Waals surface area contributed by atoms with Crippen LogP contribution >= 0.6 is 0 Å². The van der Waals surface area contributed by atoms with Crippen LogP contribution in [-0.2, 0) is 0 Å². The summed E-state index contributed by atoms with van der Waals surface area (Å²) in [4.78, 5) is 30.1. The van der Waals surface area contributed by atoms with E-state index in [1.54, 1.807) is 60.7 Å². The van der Waals surface area contributed by atoms with Gasteiger partial charge in [0.15, 0.2) is 40.2 Å². The van der Waals surface area contributed by atoms with Crippen molar-refractivity contribution in [2.24, 2.45) is 0 Å². The van der Waals surface area contributed by atoms with Crippen LogP contribution in [0.1, 0.15) is 22.3 Å². The van der Waals surface area contributed by atoms with Crippen LogP contribution < -0.4 is 0 Å². The lowest BCUT2D eigenvalue weighted by molar-refractivity contribution is 1.07. The van der Waals surface area contributed by atoms with E-state index in [0.29, 0.717) is 101 Å². The number of rotatable bonds is 8. The molecule has 0 radical (unpaired) electrons. The van der Waals surface area contributed by atoms with Gasteiger partial charge in [0.1, 0.15) is 0 Å². The minimum atomic E-state index is 0.217. The van der Waals surface area contributed by atoms with Crippen LogP contribution in [0.5, 0.6) is 0 Å². The average molecular weight is 979 g/mol. The molecule has 0 unspecified atom stereocenters. The van der Waals surface area contributed by atoms with Crippen molar-refractivity contribution >= 4 is 44.6 Å². The highest BCUT2D eigenvalue weighted by molar-refractivity contribution is 6.13. The first kappa shape index (κ1) is 47.1. The van der Waals surface area contributed by atoms with E-state index in [4.69, 9.17) is 41.2 Å². The molecule has 350 valence electrons. The number of fused-ring (bicyclic) bond motifs is 3. The predicted molar refractivity (Wildman–Crippen MR) is 296 cm³/mol. The highest BCUT2D eigenvalue weighted by Crippen LogP contribution is 2.47. The SMILES string of the molecule is [C-]#[N+]c1cc([N+]#[C-])cc(-c2cc(-c3nc(-c4ccccc4)nc(-c4ccccc4)n3)cc(-c3cc(C#N)cc(C#N)c3)c2-n2c3ccc(-c4ccc([N+]#[C-])cc4C#N)cc3c3cc(-c4ccc(C#N)cc4[N+]#[C-])ccc32)c1. The van der Waals surface area contributed by atoms with Gasteiger partial charge >= 0.3 is 0 Å². The first-order chi connectivity index (χ1) is 37.7. The summed E-state index contributed by atoms with van der Waals surface area (Å²) in [6.45, 7) is 32.1. The van der Waals surface area contributed by atoms with E-state index in [2.05, 4.69) is 48.2 Å². The van der Waals surface area contributed by atoms with Gasteiger partial charge < -0.3 is 4.57 Å². The summed E-state index contributed by atoms with van der Waals surface area (Å²) in [6.07, 6.45) is 0. The molecule has 9 aromatic carbocycles. The second-order valence-electron chi connectivity index (χ2n) is 17.7. The van der Waals surface area contributed by atoms with Crippen molar-refractivity contribution in [2.75, 3.05) is 0 Å². The number of nitrogens with zero attached hydrogens (tertiary/aromatic N) is 12. The van der Waals surface area contributed by atoms with Gasteiger partial charge in [-0.15, -0.1) is 0 Å². The van der Waals surface area contributed by atoms with Gasteiger partial charge in [0.2, 0.25) is 0 Å². The van der Waals surface area contributed by atoms with Crippen molar-refractivity contribution in [1.29, 1.82) is 21.0 Å². The van der Waals surface area contributed by atoms with Gasteiger partial charge in [-0.1, -0.05) is 109 Å². The molecule has 0 saturated heterocycles. The molecule has 0 fully saturated rings. The molecule has 77 heavy (non-hydrogen) atoms. The summed E-state index contributed by atoms with van der Waals surface area (Å²) in [5.74, 6) is 1.11. The zero-order valence-electron chi connectivity index (χ0n) is 40.2. The van der Waals surface area contributed by atoms with Gasteiger partial charge in [0, 0.05) is 49.7 Å². The predicted octanol–water partition coefficient (Wildman–Crippen LogP) is 16.3. The number of hydrogen-bond acceptors (Lipinski definition) is 7. The monoisotopic (exact) mass is 978 g/mol. The molecule has 12 heteroatoms. The van der Waals surface area contributed by atoms with Crippen LogP contribution in [0.15, 0.2) is 182 Å². The smallest absolute Gasteiger partial charge is 0.196 e. The van der Waals surface area contributed by atoms with Crippen molar-refractivity contribution in [3.63, 3.8) is 0 Å². The zero-order chi connectivity index (χ0) is 53.2. The van der Waals surface area contributed by atoms with Gasteiger partial charge in [-0.3, -0.25) is 0 Å². The van der Waals surface area contributed by atoms with Gasteiger partial charge in [-0.2, -0.15) is 21.0 Å². The molecule has 11 rings (SSSR count). The fourth-order valence-electron chi connectivity index (χ4n) is 9.66. The molecule has 12 nitrogen and oxygen atoms in total. The highest BCUT2D eigenvalue weighted by Gasteiger charge is 2.25. The number of benzene rings is 9. The molecular weight excluding hydrogens is 949 g/mol. The maximum atomic E-state index is 10.5. The van der Waals surface area contributed by atoms with E-state index in [9.17, 15) is 21.0 Å². The molecule has 0 aliphatic heterocycles. The molecule has 0 saturated carbocycles. The Balaban J connectivity index is 1.31. The van der Waals surface area contributed by atoms with Crippen molar-refractivity contribution in [3.8, 4) is 109 Å². The van der Waals surface area contributed by atoms with E-state index >= 15 is 0 Å². The van der Waals surface area contributed by atoms with E-state index in [-0.39, 0.29) is 28.2 Å². The molecule has 0 amide bonds. The molecule has 0 aliphatic rings. The van der Waals surface area contributed by atoms with Gasteiger partial charge in [-0.05, 0) is 106 Å². The van der Waals surface area contributed by atoms with Gasteiger partial charge in [0.05, 0.1) is 78.4 Å². The zero-order valence-corrected chi connectivity index (χ0v) is 40.2. The Hall–Kier alpha value is -12.3. The number of hydrogen-bond donors (Lipinski definition) is 0. The maximum absolute atomic E-state index is 10.5. The van der Waals surface area contributed by atoms with Crippen molar-refractivity contribution in [3.05, 3.63) is 250 Å².